The molecule has 0 radical (unpaired) electrons. The summed E-state index contributed by atoms with van der Waals surface area (Å²) in [5, 5.41) is 5.51. The van der Waals surface area contributed by atoms with Gasteiger partial charge in [0.15, 0.2) is 0 Å². The van der Waals surface area contributed by atoms with Crippen molar-refractivity contribution in [1.29, 1.82) is 0 Å². The normalized spacial score (nSPS) is 10.1. The van der Waals surface area contributed by atoms with Crippen LogP contribution in [0.3, 0.4) is 0 Å². The molecule has 0 aliphatic heterocycles. The fourth-order valence-corrected chi connectivity index (χ4v) is 2.33. The molecule has 0 atom stereocenters. The topological polar surface area (TPSA) is 67.4 Å². The smallest absolute Gasteiger partial charge is 0.233 e. The van der Waals surface area contributed by atoms with Crippen molar-refractivity contribution in [2.45, 2.75) is 26.8 Å². The molecule has 2 amide bonds. The van der Waals surface area contributed by atoms with Crippen LogP contribution in [0.25, 0.3) is 0 Å². The zero-order valence-electron chi connectivity index (χ0n) is 14.2. The summed E-state index contributed by atoms with van der Waals surface area (Å²) in [6, 6.07) is 13.1. The zero-order valence-corrected chi connectivity index (χ0v) is 14.2. The first-order valence-electron chi connectivity index (χ1n) is 7.76. The number of rotatable bonds is 6. The molecule has 0 bridgehead atoms. The molecule has 2 aromatic carbocycles. The number of hydrogen-bond acceptors (Lipinski definition) is 3. The third-order valence-corrected chi connectivity index (χ3v) is 3.87. The second-order valence-electron chi connectivity index (χ2n) is 5.56. The van der Waals surface area contributed by atoms with Crippen LogP contribution in [0.5, 0.6) is 5.75 Å². The minimum atomic E-state index is -0.332. The Hall–Kier alpha value is -2.82. The Labute approximate surface area is 142 Å². The highest BCUT2D eigenvalue weighted by Crippen LogP contribution is 2.18. The maximum absolute atomic E-state index is 12.0. The van der Waals surface area contributed by atoms with E-state index in [-0.39, 0.29) is 18.2 Å². The Morgan fingerprint density at radius 1 is 1.00 bits per heavy atom. The molecule has 2 N–H and O–H groups in total. The van der Waals surface area contributed by atoms with Crippen LogP contribution in [-0.2, 0) is 16.1 Å². The molecule has 0 saturated carbocycles. The maximum Gasteiger partial charge on any atom is 0.233 e. The van der Waals surface area contributed by atoms with Gasteiger partial charge in [-0.3, -0.25) is 9.59 Å². The van der Waals surface area contributed by atoms with Gasteiger partial charge in [0.05, 0.1) is 7.11 Å². The first-order chi connectivity index (χ1) is 11.5. The van der Waals surface area contributed by atoms with E-state index >= 15 is 0 Å². The number of benzene rings is 2. The molecule has 5 heteroatoms. The molecule has 0 unspecified atom stereocenters. The largest absolute Gasteiger partial charge is 0.496 e. The summed E-state index contributed by atoms with van der Waals surface area (Å²) in [5.41, 5.74) is 3.69. The summed E-state index contributed by atoms with van der Waals surface area (Å²) in [5.74, 6) is 0.0441. The van der Waals surface area contributed by atoms with Gasteiger partial charge in [-0.05, 0) is 37.1 Å². The fourth-order valence-electron chi connectivity index (χ4n) is 2.33. The van der Waals surface area contributed by atoms with Gasteiger partial charge in [0.25, 0.3) is 0 Å². The van der Waals surface area contributed by atoms with Gasteiger partial charge in [-0.25, -0.2) is 0 Å². The molecule has 0 aromatic heterocycles. The average molecular weight is 326 g/mol. The van der Waals surface area contributed by atoms with E-state index in [4.69, 9.17) is 4.74 Å². The Bertz CT molecular complexity index is 741. The van der Waals surface area contributed by atoms with Gasteiger partial charge in [0, 0.05) is 17.8 Å². The van der Waals surface area contributed by atoms with Crippen LogP contribution in [0.15, 0.2) is 42.5 Å². The summed E-state index contributed by atoms with van der Waals surface area (Å²) >= 11 is 0. The number of ether oxygens (including phenoxy) is 1. The second kappa shape index (κ2) is 8.15. The number of anilines is 1. The number of methoxy groups -OCH3 is 1. The first kappa shape index (κ1) is 17.5. The van der Waals surface area contributed by atoms with E-state index in [0.717, 1.165) is 22.4 Å². The van der Waals surface area contributed by atoms with Crippen LogP contribution >= 0.6 is 0 Å². The molecule has 24 heavy (non-hydrogen) atoms. The first-order valence-corrected chi connectivity index (χ1v) is 7.76. The quantitative estimate of drug-likeness (QED) is 0.802. The van der Waals surface area contributed by atoms with Crippen LogP contribution in [0.1, 0.15) is 23.1 Å². The second-order valence-corrected chi connectivity index (χ2v) is 5.56. The summed E-state index contributed by atoms with van der Waals surface area (Å²) in [4.78, 5) is 24.0. The van der Waals surface area contributed by atoms with Crippen LogP contribution in [0.4, 0.5) is 5.69 Å². The third-order valence-electron chi connectivity index (χ3n) is 3.87. The molecule has 0 aliphatic rings. The van der Waals surface area contributed by atoms with E-state index in [0.29, 0.717) is 12.3 Å². The third kappa shape index (κ3) is 4.59. The van der Waals surface area contributed by atoms with E-state index in [1.54, 1.807) is 7.11 Å². The molecule has 0 fully saturated rings. The van der Waals surface area contributed by atoms with E-state index in [1.807, 2.05) is 56.3 Å². The molecule has 0 heterocycles. The number of carbonyl (C=O) groups is 2. The molecule has 0 spiro atoms. The summed E-state index contributed by atoms with van der Waals surface area (Å²) in [6.07, 6.45) is -0.220. The highest BCUT2D eigenvalue weighted by molar-refractivity contribution is 6.03. The van der Waals surface area contributed by atoms with Crippen molar-refractivity contribution in [1.82, 2.24) is 5.32 Å². The minimum Gasteiger partial charge on any atom is -0.496 e. The van der Waals surface area contributed by atoms with Crippen molar-refractivity contribution >= 4 is 17.5 Å². The predicted octanol–water partition coefficient (Wildman–Crippen LogP) is 2.96. The number of nitrogens with one attached hydrogen (secondary N) is 2. The molecule has 2 rings (SSSR count). The van der Waals surface area contributed by atoms with Gasteiger partial charge in [-0.15, -0.1) is 0 Å². The number of amides is 2. The lowest BCUT2D eigenvalue weighted by atomic mass is 10.1. The van der Waals surface area contributed by atoms with Gasteiger partial charge < -0.3 is 15.4 Å². The van der Waals surface area contributed by atoms with Crippen molar-refractivity contribution in [2.24, 2.45) is 0 Å². The van der Waals surface area contributed by atoms with Crippen molar-refractivity contribution in [2.75, 3.05) is 12.4 Å². The highest BCUT2D eigenvalue weighted by atomic mass is 16.5. The SMILES string of the molecule is COc1ccccc1CNC(=O)CC(=O)Nc1cccc(C)c1C. The standard InChI is InChI=1S/C19H22N2O3/c1-13-7-6-9-16(14(13)2)21-19(23)11-18(22)20-12-15-8-4-5-10-17(15)24-3/h4-10H,11-12H2,1-3H3,(H,20,22)(H,21,23). The molecular weight excluding hydrogens is 304 g/mol. The van der Waals surface area contributed by atoms with E-state index in [1.165, 1.54) is 0 Å². The van der Waals surface area contributed by atoms with Crippen LogP contribution in [-0.4, -0.2) is 18.9 Å². The van der Waals surface area contributed by atoms with E-state index in [9.17, 15) is 9.59 Å². The Balaban J connectivity index is 1.88. The number of hydrogen-bond donors (Lipinski definition) is 2. The average Bonchev–Trinajstić information content (AvgIpc) is 2.57. The summed E-state index contributed by atoms with van der Waals surface area (Å²) in [7, 11) is 1.58. The highest BCUT2D eigenvalue weighted by Gasteiger charge is 2.12. The molecule has 0 saturated heterocycles. The molecular formula is C19H22N2O3. The Kier molecular flexibility index (Phi) is 5.95. The van der Waals surface area contributed by atoms with Gasteiger partial charge in [-0.2, -0.15) is 0 Å². The Morgan fingerprint density at radius 2 is 1.75 bits per heavy atom. The van der Waals surface area contributed by atoms with Crippen molar-refractivity contribution in [3.63, 3.8) is 0 Å². The van der Waals surface area contributed by atoms with Crippen LogP contribution in [0.2, 0.25) is 0 Å². The molecule has 5 nitrogen and oxygen atoms in total. The van der Waals surface area contributed by atoms with E-state index < -0.39 is 0 Å². The molecule has 0 aliphatic carbocycles. The van der Waals surface area contributed by atoms with Crippen LogP contribution in [0, 0.1) is 13.8 Å². The van der Waals surface area contributed by atoms with Gasteiger partial charge in [-0.1, -0.05) is 30.3 Å². The molecule has 2 aromatic rings. The summed E-state index contributed by atoms with van der Waals surface area (Å²) < 4.78 is 5.23. The Morgan fingerprint density at radius 3 is 2.50 bits per heavy atom. The lowest BCUT2D eigenvalue weighted by Crippen LogP contribution is -2.28. The van der Waals surface area contributed by atoms with Gasteiger partial charge in [0.1, 0.15) is 12.2 Å². The lowest BCUT2D eigenvalue weighted by molar-refractivity contribution is -0.126. The number of carbonyl (C=O) groups excluding carboxylic acids is 2. The van der Waals surface area contributed by atoms with Crippen molar-refractivity contribution < 1.29 is 14.3 Å². The monoisotopic (exact) mass is 326 g/mol. The number of para-hydroxylation sites is 1. The van der Waals surface area contributed by atoms with E-state index in [2.05, 4.69) is 10.6 Å². The lowest BCUT2D eigenvalue weighted by Gasteiger charge is -2.11. The maximum atomic E-state index is 12.0. The van der Waals surface area contributed by atoms with Gasteiger partial charge in [0.2, 0.25) is 11.8 Å². The zero-order chi connectivity index (χ0) is 17.5. The fraction of sp³-hybridized carbons (Fsp3) is 0.263. The molecule has 126 valence electrons. The van der Waals surface area contributed by atoms with Crippen LogP contribution < -0.4 is 15.4 Å². The van der Waals surface area contributed by atoms with Gasteiger partial charge >= 0.3 is 0 Å². The van der Waals surface area contributed by atoms with Crippen molar-refractivity contribution in [3.05, 3.63) is 59.2 Å². The number of aryl methyl sites for hydroxylation is 1. The predicted molar refractivity (Wildman–Crippen MR) is 94.0 cm³/mol. The van der Waals surface area contributed by atoms with Crippen molar-refractivity contribution in [3.8, 4) is 5.75 Å². The minimum absolute atomic E-state index is 0.220. The summed E-state index contributed by atoms with van der Waals surface area (Å²) in [6.45, 7) is 4.23.